The fourth-order valence-electron chi connectivity index (χ4n) is 1.41. The number of carbonyl (C=O) groups excluding carboxylic acids is 2. The Hall–Kier alpha value is -0.900. The second-order valence-corrected chi connectivity index (χ2v) is 3.64. The zero-order valence-corrected chi connectivity index (χ0v) is 8.78. The number of Topliss-reactive ketones (excluding diaryl/α,β-unsaturated/α-hetero) is 1. The predicted molar refractivity (Wildman–Crippen MR) is 51.9 cm³/mol. The molecule has 0 radical (unpaired) electrons. The molecule has 0 heterocycles. The molecule has 0 aromatic carbocycles. The zero-order valence-electron chi connectivity index (χ0n) is 8.78. The van der Waals surface area contributed by atoms with Gasteiger partial charge >= 0.3 is 5.97 Å². The largest absolute Gasteiger partial charge is 0.465 e. The Morgan fingerprint density at radius 1 is 1.36 bits per heavy atom. The maximum atomic E-state index is 11.2. The Balaban J connectivity index is 2.34. The molecule has 0 unspecified atom stereocenters. The van der Waals surface area contributed by atoms with Gasteiger partial charge in [0.2, 0.25) is 0 Å². The average molecular weight is 199 g/mol. The van der Waals surface area contributed by atoms with Gasteiger partial charge in [-0.2, -0.15) is 0 Å². The molecule has 1 aliphatic rings. The summed E-state index contributed by atoms with van der Waals surface area (Å²) in [6.07, 6.45) is 2.18. The van der Waals surface area contributed by atoms with Crippen molar-refractivity contribution in [2.45, 2.75) is 32.7 Å². The van der Waals surface area contributed by atoms with E-state index in [0.29, 0.717) is 19.2 Å². The molecule has 4 heteroatoms. The van der Waals surface area contributed by atoms with E-state index in [0.717, 1.165) is 12.8 Å². The monoisotopic (exact) mass is 199 g/mol. The number of ketones is 1. The molecule has 0 bridgehead atoms. The van der Waals surface area contributed by atoms with E-state index in [2.05, 4.69) is 0 Å². The highest BCUT2D eigenvalue weighted by molar-refractivity contribution is 5.79. The minimum Gasteiger partial charge on any atom is -0.465 e. The lowest BCUT2D eigenvalue weighted by Gasteiger charge is -2.18. The van der Waals surface area contributed by atoms with Crippen LogP contribution in [0.2, 0.25) is 0 Å². The van der Waals surface area contributed by atoms with Gasteiger partial charge in [0.25, 0.3) is 0 Å². The molecule has 0 saturated heterocycles. The summed E-state index contributed by atoms with van der Waals surface area (Å²) in [4.78, 5) is 24.0. The average Bonchev–Trinajstić information content (AvgIpc) is 2.84. The molecule has 0 aromatic heterocycles. The van der Waals surface area contributed by atoms with Crippen LogP contribution >= 0.6 is 0 Å². The van der Waals surface area contributed by atoms with Gasteiger partial charge in [0.15, 0.2) is 0 Å². The summed E-state index contributed by atoms with van der Waals surface area (Å²) in [5.74, 6) is -0.137. The van der Waals surface area contributed by atoms with Crippen molar-refractivity contribution < 1.29 is 14.3 Å². The van der Waals surface area contributed by atoms with Crippen molar-refractivity contribution in [3.05, 3.63) is 0 Å². The molecule has 0 spiro atoms. The van der Waals surface area contributed by atoms with E-state index in [1.165, 1.54) is 0 Å². The van der Waals surface area contributed by atoms with Crippen molar-refractivity contribution in [3.63, 3.8) is 0 Å². The van der Waals surface area contributed by atoms with Crippen molar-refractivity contribution in [1.29, 1.82) is 0 Å². The van der Waals surface area contributed by atoms with Gasteiger partial charge in [-0.3, -0.25) is 14.5 Å². The first-order valence-electron chi connectivity index (χ1n) is 5.02. The molecule has 1 fully saturated rings. The first-order valence-corrected chi connectivity index (χ1v) is 5.02. The molecule has 4 nitrogen and oxygen atoms in total. The van der Waals surface area contributed by atoms with Gasteiger partial charge in [-0.1, -0.05) is 0 Å². The van der Waals surface area contributed by atoms with E-state index >= 15 is 0 Å². The maximum absolute atomic E-state index is 11.2. The Bertz CT molecular complexity index is 223. The molecule has 1 saturated carbocycles. The Kier molecular flexibility index (Phi) is 4.07. The summed E-state index contributed by atoms with van der Waals surface area (Å²) in [6.45, 7) is 4.34. The third-order valence-electron chi connectivity index (χ3n) is 2.13. The number of rotatable bonds is 6. The molecule has 0 amide bonds. The van der Waals surface area contributed by atoms with Gasteiger partial charge in [0.05, 0.1) is 19.7 Å². The number of esters is 1. The summed E-state index contributed by atoms with van der Waals surface area (Å²) >= 11 is 0. The van der Waals surface area contributed by atoms with E-state index in [1.54, 1.807) is 13.8 Å². The van der Waals surface area contributed by atoms with Gasteiger partial charge in [0, 0.05) is 6.04 Å². The summed E-state index contributed by atoms with van der Waals surface area (Å²) < 4.78 is 4.84. The van der Waals surface area contributed by atoms with Gasteiger partial charge in [-0.25, -0.2) is 0 Å². The number of hydrogen-bond acceptors (Lipinski definition) is 4. The minimum atomic E-state index is -0.236. The van der Waals surface area contributed by atoms with Crippen molar-refractivity contribution >= 4 is 11.8 Å². The Morgan fingerprint density at radius 2 is 2.00 bits per heavy atom. The zero-order chi connectivity index (χ0) is 10.6. The van der Waals surface area contributed by atoms with Crippen molar-refractivity contribution in [2.24, 2.45) is 0 Å². The second-order valence-electron chi connectivity index (χ2n) is 3.64. The molecular formula is C10H17NO3. The summed E-state index contributed by atoms with van der Waals surface area (Å²) in [5, 5.41) is 0. The second kappa shape index (κ2) is 5.10. The van der Waals surface area contributed by atoms with Crippen LogP contribution in [-0.2, 0) is 14.3 Å². The first kappa shape index (κ1) is 11.2. The van der Waals surface area contributed by atoms with E-state index in [-0.39, 0.29) is 18.3 Å². The van der Waals surface area contributed by atoms with Crippen LogP contribution in [-0.4, -0.2) is 42.4 Å². The normalized spacial score (nSPS) is 15.6. The van der Waals surface area contributed by atoms with Crippen LogP contribution in [0.1, 0.15) is 26.7 Å². The predicted octanol–water partition coefficient (Wildman–Crippen LogP) is 0.603. The van der Waals surface area contributed by atoms with E-state index in [1.807, 2.05) is 4.90 Å². The van der Waals surface area contributed by atoms with Crippen molar-refractivity contribution in [1.82, 2.24) is 4.90 Å². The van der Waals surface area contributed by atoms with Crippen LogP contribution in [0, 0.1) is 0 Å². The minimum absolute atomic E-state index is 0.0983. The highest BCUT2D eigenvalue weighted by Crippen LogP contribution is 2.26. The highest BCUT2D eigenvalue weighted by atomic mass is 16.5. The van der Waals surface area contributed by atoms with Crippen LogP contribution in [0.4, 0.5) is 0 Å². The quantitative estimate of drug-likeness (QED) is 0.588. The first-order chi connectivity index (χ1) is 6.63. The van der Waals surface area contributed by atoms with Crippen LogP contribution in [0.15, 0.2) is 0 Å². The van der Waals surface area contributed by atoms with Gasteiger partial charge in [0.1, 0.15) is 5.78 Å². The fourth-order valence-corrected chi connectivity index (χ4v) is 1.41. The van der Waals surface area contributed by atoms with Gasteiger partial charge < -0.3 is 4.74 Å². The lowest BCUT2D eigenvalue weighted by atomic mass is 10.3. The molecule has 0 N–H and O–H groups in total. The van der Waals surface area contributed by atoms with E-state index in [9.17, 15) is 9.59 Å². The third kappa shape index (κ3) is 3.87. The summed E-state index contributed by atoms with van der Waals surface area (Å²) in [6, 6.07) is 0.420. The molecule has 14 heavy (non-hydrogen) atoms. The van der Waals surface area contributed by atoms with Crippen molar-refractivity contribution in [3.8, 4) is 0 Å². The van der Waals surface area contributed by atoms with E-state index in [4.69, 9.17) is 4.74 Å². The van der Waals surface area contributed by atoms with Crippen LogP contribution in [0.5, 0.6) is 0 Å². The summed E-state index contributed by atoms with van der Waals surface area (Å²) in [5.41, 5.74) is 0. The number of hydrogen-bond donors (Lipinski definition) is 0. The summed E-state index contributed by atoms with van der Waals surface area (Å²) in [7, 11) is 0. The standard InChI is InChI=1S/C10H17NO3/c1-3-14-10(13)7-11(6-8(2)12)9-4-5-9/h9H,3-7H2,1-2H3. The molecular weight excluding hydrogens is 182 g/mol. The van der Waals surface area contributed by atoms with Crippen LogP contribution in [0.25, 0.3) is 0 Å². The van der Waals surface area contributed by atoms with Crippen LogP contribution < -0.4 is 0 Å². The maximum Gasteiger partial charge on any atom is 0.320 e. The lowest BCUT2D eigenvalue weighted by Crippen LogP contribution is -2.36. The Morgan fingerprint density at radius 3 is 2.43 bits per heavy atom. The molecule has 0 aromatic rings. The highest BCUT2D eigenvalue weighted by Gasteiger charge is 2.31. The van der Waals surface area contributed by atoms with Crippen LogP contribution in [0.3, 0.4) is 0 Å². The van der Waals surface area contributed by atoms with Gasteiger partial charge in [-0.15, -0.1) is 0 Å². The third-order valence-corrected chi connectivity index (χ3v) is 2.13. The smallest absolute Gasteiger partial charge is 0.320 e. The molecule has 80 valence electrons. The number of nitrogens with zero attached hydrogens (tertiary/aromatic N) is 1. The SMILES string of the molecule is CCOC(=O)CN(CC(C)=O)C1CC1. The molecule has 1 rings (SSSR count). The van der Waals surface area contributed by atoms with E-state index < -0.39 is 0 Å². The fraction of sp³-hybridized carbons (Fsp3) is 0.800. The number of ether oxygens (including phenoxy) is 1. The van der Waals surface area contributed by atoms with Crippen molar-refractivity contribution in [2.75, 3.05) is 19.7 Å². The van der Waals surface area contributed by atoms with Gasteiger partial charge in [-0.05, 0) is 26.7 Å². The topological polar surface area (TPSA) is 46.6 Å². The molecule has 1 aliphatic carbocycles. The number of carbonyl (C=O) groups is 2. The Labute approximate surface area is 84.2 Å². The molecule has 0 atom stereocenters. The lowest BCUT2D eigenvalue weighted by molar-refractivity contribution is -0.144. The molecule has 0 aliphatic heterocycles.